The van der Waals surface area contributed by atoms with Gasteiger partial charge in [0.05, 0.1) is 5.69 Å². The molecule has 5 heteroatoms. The number of carbonyl (C=O) groups is 1. The molecule has 0 aliphatic carbocycles. The Labute approximate surface area is 145 Å². The average molecular weight is 341 g/mol. The first-order valence-electron chi connectivity index (χ1n) is 7.54. The average Bonchev–Trinajstić information content (AvgIpc) is 2.92. The van der Waals surface area contributed by atoms with Gasteiger partial charge in [-0.2, -0.15) is 5.10 Å². The van der Waals surface area contributed by atoms with Crippen LogP contribution in [0.5, 0.6) is 5.75 Å². The minimum atomic E-state index is 0.417. The molecule has 3 aromatic rings. The van der Waals surface area contributed by atoms with Gasteiger partial charge in [0, 0.05) is 29.4 Å². The molecule has 0 atom stereocenters. The molecule has 24 heavy (non-hydrogen) atoms. The number of ether oxygens (including phenoxy) is 1. The number of aryl methyl sites for hydroxylation is 2. The van der Waals surface area contributed by atoms with Crippen LogP contribution in [0.2, 0.25) is 5.02 Å². The molecule has 0 bridgehead atoms. The molecule has 0 saturated heterocycles. The Balaban J connectivity index is 1.82. The highest BCUT2D eigenvalue weighted by molar-refractivity contribution is 6.30. The molecule has 0 fully saturated rings. The molecular formula is C19H17ClN2O2. The molecule has 0 saturated carbocycles. The van der Waals surface area contributed by atoms with Crippen LogP contribution in [0.3, 0.4) is 0 Å². The first-order chi connectivity index (χ1) is 11.6. The first kappa shape index (κ1) is 16.3. The molecule has 0 aliphatic rings. The van der Waals surface area contributed by atoms with E-state index < -0.39 is 0 Å². The van der Waals surface area contributed by atoms with Crippen LogP contribution in [-0.2, 0) is 13.7 Å². The van der Waals surface area contributed by atoms with Crippen LogP contribution in [-0.4, -0.2) is 16.1 Å². The summed E-state index contributed by atoms with van der Waals surface area (Å²) in [6.45, 7) is 2.34. The van der Waals surface area contributed by atoms with Crippen molar-refractivity contribution in [2.24, 2.45) is 7.05 Å². The lowest BCUT2D eigenvalue weighted by Crippen LogP contribution is -1.97. The number of nitrogens with zero attached hydrogens (tertiary/aromatic N) is 2. The number of aldehydes is 1. The Morgan fingerprint density at radius 2 is 1.92 bits per heavy atom. The van der Waals surface area contributed by atoms with Gasteiger partial charge in [0.25, 0.3) is 0 Å². The molecule has 1 heterocycles. The molecule has 3 rings (SSSR count). The maximum absolute atomic E-state index is 11.5. The van der Waals surface area contributed by atoms with E-state index in [0.717, 1.165) is 28.7 Å². The topological polar surface area (TPSA) is 44.1 Å². The minimum absolute atomic E-state index is 0.417. The molecule has 122 valence electrons. The van der Waals surface area contributed by atoms with E-state index in [1.807, 2.05) is 56.6 Å². The van der Waals surface area contributed by atoms with Crippen LogP contribution >= 0.6 is 11.6 Å². The lowest BCUT2D eigenvalue weighted by atomic mass is 10.0. The van der Waals surface area contributed by atoms with Crippen molar-refractivity contribution in [1.82, 2.24) is 9.78 Å². The summed E-state index contributed by atoms with van der Waals surface area (Å²) in [5, 5.41) is 5.02. The third kappa shape index (κ3) is 3.49. The normalized spacial score (nSPS) is 10.6. The second-order valence-corrected chi connectivity index (χ2v) is 6.02. The summed E-state index contributed by atoms with van der Waals surface area (Å²) in [4.78, 5) is 11.5. The van der Waals surface area contributed by atoms with Crippen molar-refractivity contribution in [2.75, 3.05) is 0 Å². The van der Waals surface area contributed by atoms with Crippen LogP contribution in [0.25, 0.3) is 11.1 Å². The van der Waals surface area contributed by atoms with E-state index in [-0.39, 0.29) is 0 Å². The van der Waals surface area contributed by atoms with Crippen molar-refractivity contribution < 1.29 is 9.53 Å². The maximum Gasteiger partial charge on any atom is 0.150 e. The van der Waals surface area contributed by atoms with E-state index in [4.69, 9.17) is 16.3 Å². The zero-order valence-electron chi connectivity index (χ0n) is 13.5. The summed E-state index contributed by atoms with van der Waals surface area (Å²) in [6, 6.07) is 13.0. The predicted molar refractivity (Wildman–Crippen MR) is 94.6 cm³/mol. The van der Waals surface area contributed by atoms with Gasteiger partial charge in [-0.05, 0) is 48.4 Å². The molecule has 0 amide bonds. The smallest absolute Gasteiger partial charge is 0.150 e. The maximum atomic E-state index is 11.5. The molecule has 0 aliphatic heterocycles. The summed E-state index contributed by atoms with van der Waals surface area (Å²) >= 11 is 5.87. The number of hydrogen-bond donors (Lipinski definition) is 0. The fourth-order valence-electron chi connectivity index (χ4n) is 2.58. The van der Waals surface area contributed by atoms with Gasteiger partial charge < -0.3 is 4.74 Å². The summed E-state index contributed by atoms with van der Waals surface area (Å²) in [7, 11) is 1.86. The SMILES string of the molecule is Cc1nn(C)cc1-c1ccc(OCc2ccc(Cl)cc2)cc1C=O. The quantitative estimate of drug-likeness (QED) is 0.645. The van der Waals surface area contributed by atoms with Gasteiger partial charge in [-0.1, -0.05) is 23.7 Å². The zero-order chi connectivity index (χ0) is 17.1. The molecule has 2 aromatic carbocycles. The van der Waals surface area contributed by atoms with Crippen LogP contribution in [0.1, 0.15) is 21.6 Å². The number of rotatable bonds is 5. The van der Waals surface area contributed by atoms with Crippen LogP contribution in [0.15, 0.2) is 48.7 Å². The highest BCUT2D eigenvalue weighted by Crippen LogP contribution is 2.28. The Kier molecular flexibility index (Phi) is 4.67. The monoisotopic (exact) mass is 340 g/mol. The third-order valence-corrected chi connectivity index (χ3v) is 4.02. The Morgan fingerprint density at radius 3 is 2.54 bits per heavy atom. The lowest BCUT2D eigenvalue weighted by Gasteiger charge is -2.09. The number of benzene rings is 2. The van der Waals surface area contributed by atoms with E-state index in [9.17, 15) is 4.79 Å². The molecule has 0 N–H and O–H groups in total. The van der Waals surface area contributed by atoms with Crippen molar-refractivity contribution in [1.29, 1.82) is 0 Å². The van der Waals surface area contributed by atoms with Crippen molar-refractivity contribution in [2.45, 2.75) is 13.5 Å². The standard InChI is InChI=1S/C19H17ClN2O2/c1-13-19(10-22(2)21-13)18-8-7-17(9-15(18)11-23)24-12-14-3-5-16(20)6-4-14/h3-11H,12H2,1-2H3. The minimum Gasteiger partial charge on any atom is -0.489 e. The predicted octanol–water partition coefficient (Wildman–Crippen LogP) is 4.44. The molecule has 0 spiro atoms. The number of carbonyl (C=O) groups excluding carboxylic acids is 1. The van der Waals surface area contributed by atoms with E-state index in [1.165, 1.54) is 0 Å². The Bertz CT molecular complexity index is 870. The summed E-state index contributed by atoms with van der Waals surface area (Å²) in [6.07, 6.45) is 2.75. The Hall–Kier alpha value is -2.59. The summed E-state index contributed by atoms with van der Waals surface area (Å²) < 4.78 is 7.52. The van der Waals surface area contributed by atoms with E-state index in [0.29, 0.717) is 22.9 Å². The number of halogens is 1. The molecule has 0 radical (unpaired) electrons. The molecule has 4 nitrogen and oxygen atoms in total. The fraction of sp³-hybridized carbons (Fsp3) is 0.158. The number of hydrogen-bond acceptors (Lipinski definition) is 3. The first-order valence-corrected chi connectivity index (χ1v) is 7.91. The fourth-order valence-corrected chi connectivity index (χ4v) is 2.71. The van der Waals surface area contributed by atoms with E-state index >= 15 is 0 Å². The summed E-state index contributed by atoms with van der Waals surface area (Å²) in [5.41, 5.74) is 4.28. The van der Waals surface area contributed by atoms with Gasteiger partial charge in [0.2, 0.25) is 0 Å². The van der Waals surface area contributed by atoms with Crippen molar-refractivity contribution in [3.8, 4) is 16.9 Å². The largest absolute Gasteiger partial charge is 0.489 e. The second-order valence-electron chi connectivity index (χ2n) is 5.58. The highest BCUT2D eigenvalue weighted by Gasteiger charge is 2.11. The zero-order valence-corrected chi connectivity index (χ0v) is 14.2. The van der Waals surface area contributed by atoms with E-state index in [1.54, 1.807) is 10.7 Å². The van der Waals surface area contributed by atoms with Crippen LogP contribution in [0, 0.1) is 6.92 Å². The van der Waals surface area contributed by atoms with Crippen LogP contribution in [0.4, 0.5) is 0 Å². The van der Waals surface area contributed by atoms with Crippen molar-refractivity contribution >= 4 is 17.9 Å². The number of aromatic nitrogens is 2. The molecule has 0 unspecified atom stereocenters. The van der Waals surface area contributed by atoms with Gasteiger partial charge in [0.15, 0.2) is 6.29 Å². The summed E-state index contributed by atoms with van der Waals surface area (Å²) in [5.74, 6) is 0.650. The van der Waals surface area contributed by atoms with Gasteiger partial charge in [-0.15, -0.1) is 0 Å². The van der Waals surface area contributed by atoms with Gasteiger partial charge in [-0.3, -0.25) is 9.48 Å². The lowest BCUT2D eigenvalue weighted by molar-refractivity contribution is 0.112. The molecule has 1 aromatic heterocycles. The van der Waals surface area contributed by atoms with Crippen LogP contribution < -0.4 is 4.74 Å². The van der Waals surface area contributed by atoms with Gasteiger partial charge in [-0.25, -0.2) is 0 Å². The molecular weight excluding hydrogens is 324 g/mol. The third-order valence-electron chi connectivity index (χ3n) is 3.77. The van der Waals surface area contributed by atoms with Crippen molar-refractivity contribution in [3.05, 3.63) is 70.5 Å². The Morgan fingerprint density at radius 1 is 1.17 bits per heavy atom. The second kappa shape index (κ2) is 6.89. The highest BCUT2D eigenvalue weighted by atomic mass is 35.5. The van der Waals surface area contributed by atoms with E-state index in [2.05, 4.69) is 5.10 Å². The van der Waals surface area contributed by atoms with Gasteiger partial charge >= 0.3 is 0 Å². The van der Waals surface area contributed by atoms with Crippen molar-refractivity contribution in [3.63, 3.8) is 0 Å². The van der Waals surface area contributed by atoms with Gasteiger partial charge in [0.1, 0.15) is 12.4 Å².